The molecule has 0 saturated carbocycles. The normalized spacial score (nSPS) is 12.6. The number of hydrogen-bond donors (Lipinski definition) is 1. The summed E-state index contributed by atoms with van der Waals surface area (Å²) in [5.41, 5.74) is 1.94. The van der Waals surface area contributed by atoms with Crippen molar-refractivity contribution in [3.8, 4) is 11.5 Å². The summed E-state index contributed by atoms with van der Waals surface area (Å²) in [7, 11) is 0. The smallest absolute Gasteiger partial charge is 0.244 e. The van der Waals surface area contributed by atoms with Crippen LogP contribution in [0, 0.1) is 0 Å². The lowest BCUT2D eigenvalue weighted by Gasteiger charge is -2.04. The van der Waals surface area contributed by atoms with Crippen molar-refractivity contribution in [2.24, 2.45) is 0 Å². The van der Waals surface area contributed by atoms with Crippen molar-refractivity contribution < 1.29 is 14.3 Å². The lowest BCUT2D eigenvalue weighted by Crippen LogP contribution is -2.20. The predicted octanol–water partition coefficient (Wildman–Crippen LogP) is 3.51. The molecule has 3 rings (SSSR count). The van der Waals surface area contributed by atoms with Crippen LogP contribution in [0.5, 0.6) is 11.5 Å². The Morgan fingerprint density at radius 1 is 1.14 bits per heavy atom. The molecule has 0 unspecified atom stereocenters. The first-order chi connectivity index (χ1) is 10.7. The van der Waals surface area contributed by atoms with E-state index in [2.05, 4.69) is 21.2 Å². The Morgan fingerprint density at radius 2 is 1.91 bits per heavy atom. The van der Waals surface area contributed by atoms with Crippen LogP contribution in [0.1, 0.15) is 11.1 Å². The van der Waals surface area contributed by atoms with E-state index in [4.69, 9.17) is 9.47 Å². The molecule has 5 heteroatoms. The second-order valence-electron chi connectivity index (χ2n) is 4.79. The lowest BCUT2D eigenvalue weighted by molar-refractivity contribution is -0.116. The predicted molar refractivity (Wildman–Crippen MR) is 87.6 cm³/mol. The molecule has 1 N–H and O–H groups in total. The maximum absolute atomic E-state index is 11.8. The fourth-order valence-electron chi connectivity index (χ4n) is 2.04. The van der Waals surface area contributed by atoms with Gasteiger partial charge in [-0.1, -0.05) is 34.1 Å². The van der Waals surface area contributed by atoms with E-state index >= 15 is 0 Å². The number of halogens is 1. The second-order valence-corrected chi connectivity index (χ2v) is 5.71. The van der Waals surface area contributed by atoms with E-state index in [1.165, 1.54) is 6.08 Å². The molecule has 0 spiro atoms. The van der Waals surface area contributed by atoms with Gasteiger partial charge in [0.25, 0.3) is 0 Å². The summed E-state index contributed by atoms with van der Waals surface area (Å²) in [6, 6.07) is 13.4. The van der Waals surface area contributed by atoms with Crippen LogP contribution in [0.2, 0.25) is 0 Å². The standard InChI is InChI=1S/C17H14BrNO3/c18-14-5-1-12(2-6-14)4-8-17(20)19-10-13-3-7-15-16(9-13)22-11-21-15/h1-9H,10-11H2,(H,19,20)/b8-4+. The van der Waals surface area contributed by atoms with Gasteiger partial charge in [-0.25, -0.2) is 0 Å². The lowest BCUT2D eigenvalue weighted by atomic mass is 10.2. The number of rotatable bonds is 4. The Balaban J connectivity index is 1.55. The number of benzene rings is 2. The molecule has 0 bridgehead atoms. The first kappa shape index (κ1) is 14.7. The molecule has 0 atom stereocenters. The minimum Gasteiger partial charge on any atom is -0.454 e. The van der Waals surface area contributed by atoms with E-state index in [-0.39, 0.29) is 12.7 Å². The van der Waals surface area contributed by atoms with Crippen molar-refractivity contribution in [1.29, 1.82) is 0 Å². The molecule has 112 valence electrons. The molecule has 4 nitrogen and oxygen atoms in total. The minimum absolute atomic E-state index is 0.138. The van der Waals surface area contributed by atoms with Crippen LogP contribution in [0.4, 0.5) is 0 Å². The van der Waals surface area contributed by atoms with Crippen LogP contribution in [0.15, 0.2) is 53.0 Å². The van der Waals surface area contributed by atoms with Crippen molar-refractivity contribution >= 4 is 27.9 Å². The Morgan fingerprint density at radius 3 is 2.73 bits per heavy atom. The van der Waals surface area contributed by atoms with Gasteiger partial charge in [-0.05, 0) is 41.5 Å². The van der Waals surface area contributed by atoms with Crippen LogP contribution in [-0.2, 0) is 11.3 Å². The summed E-state index contributed by atoms with van der Waals surface area (Å²) < 4.78 is 11.6. The summed E-state index contributed by atoms with van der Waals surface area (Å²) in [5, 5.41) is 2.84. The SMILES string of the molecule is O=C(/C=C/c1ccc(Br)cc1)NCc1ccc2c(c1)OCO2. The maximum Gasteiger partial charge on any atom is 0.244 e. The maximum atomic E-state index is 11.8. The Bertz CT molecular complexity index is 710. The van der Waals surface area contributed by atoms with Crippen LogP contribution in [-0.4, -0.2) is 12.7 Å². The van der Waals surface area contributed by atoms with Gasteiger partial charge in [-0.3, -0.25) is 4.79 Å². The molecule has 0 radical (unpaired) electrons. The highest BCUT2D eigenvalue weighted by Crippen LogP contribution is 2.32. The van der Waals surface area contributed by atoms with Gasteiger partial charge in [0.2, 0.25) is 12.7 Å². The number of nitrogens with one attached hydrogen (secondary N) is 1. The van der Waals surface area contributed by atoms with Gasteiger partial charge in [0, 0.05) is 17.1 Å². The van der Waals surface area contributed by atoms with Crippen molar-refractivity contribution in [3.63, 3.8) is 0 Å². The first-order valence-corrected chi connectivity index (χ1v) is 7.60. The molecule has 22 heavy (non-hydrogen) atoms. The summed E-state index contributed by atoms with van der Waals surface area (Å²) in [4.78, 5) is 11.8. The summed E-state index contributed by atoms with van der Waals surface area (Å²) >= 11 is 3.37. The van der Waals surface area contributed by atoms with Crippen molar-refractivity contribution in [2.45, 2.75) is 6.54 Å². The molecule has 0 saturated heterocycles. The number of carbonyl (C=O) groups is 1. The highest BCUT2D eigenvalue weighted by molar-refractivity contribution is 9.10. The van der Waals surface area contributed by atoms with Gasteiger partial charge in [0.15, 0.2) is 11.5 Å². The van der Waals surface area contributed by atoms with Crippen LogP contribution >= 0.6 is 15.9 Å². The van der Waals surface area contributed by atoms with Crippen LogP contribution < -0.4 is 14.8 Å². The molecule has 0 fully saturated rings. The monoisotopic (exact) mass is 359 g/mol. The van der Waals surface area contributed by atoms with Crippen molar-refractivity contribution in [1.82, 2.24) is 5.32 Å². The second kappa shape index (κ2) is 6.66. The molecule has 1 amide bonds. The van der Waals surface area contributed by atoms with Gasteiger partial charge < -0.3 is 14.8 Å². The zero-order chi connectivity index (χ0) is 15.4. The highest BCUT2D eigenvalue weighted by Gasteiger charge is 2.13. The molecule has 0 aromatic heterocycles. The number of ether oxygens (including phenoxy) is 2. The first-order valence-electron chi connectivity index (χ1n) is 6.81. The fraction of sp³-hybridized carbons (Fsp3) is 0.118. The Hall–Kier alpha value is -2.27. The van der Waals surface area contributed by atoms with E-state index in [1.807, 2.05) is 42.5 Å². The molecule has 1 aliphatic heterocycles. The minimum atomic E-state index is -0.138. The highest BCUT2D eigenvalue weighted by atomic mass is 79.9. The summed E-state index contributed by atoms with van der Waals surface area (Å²) in [6.45, 7) is 0.696. The molecule has 0 aliphatic carbocycles. The van der Waals surface area contributed by atoms with Crippen molar-refractivity contribution in [2.75, 3.05) is 6.79 Å². The van der Waals surface area contributed by atoms with E-state index in [1.54, 1.807) is 6.08 Å². The molecular weight excluding hydrogens is 346 g/mol. The summed E-state index contributed by atoms with van der Waals surface area (Å²) in [5.74, 6) is 1.32. The number of hydrogen-bond acceptors (Lipinski definition) is 3. The molecule has 1 aliphatic rings. The zero-order valence-corrected chi connectivity index (χ0v) is 13.3. The Kier molecular flexibility index (Phi) is 4.44. The molecule has 2 aromatic rings. The third-order valence-corrected chi connectivity index (χ3v) is 3.73. The average molecular weight is 360 g/mol. The molecule has 2 aromatic carbocycles. The third-order valence-electron chi connectivity index (χ3n) is 3.20. The van der Waals surface area contributed by atoms with Crippen LogP contribution in [0.25, 0.3) is 6.08 Å². The van der Waals surface area contributed by atoms with Gasteiger partial charge in [0.1, 0.15) is 0 Å². The Labute approximate surface area is 136 Å². The van der Waals surface area contributed by atoms with E-state index in [0.717, 1.165) is 27.1 Å². The average Bonchev–Trinajstić information content (AvgIpc) is 3.00. The zero-order valence-electron chi connectivity index (χ0n) is 11.7. The number of fused-ring (bicyclic) bond motifs is 1. The van der Waals surface area contributed by atoms with Gasteiger partial charge in [-0.15, -0.1) is 0 Å². The van der Waals surface area contributed by atoms with Crippen molar-refractivity contribution in [3.05, 3.63) is 64.1 Å². The van der Waals surface area contributed by atoms with Crippen LogP contribution in [0.3, 0.4) is 0 Å². The van der Waals surface area contributed by atoms with Gasteiger partial charge >= 0.3 is 0 Å². The number of carbonyl (C=O) groups excluding carboxylic acids is 1. The van der Waals surface area contributed by atoms with E-state index in [9.17, 15) is 4.79 Å². The fourth-order valence-corrected chi connectivity index (χ4v) is 2.31. The largest absolute Gasteiger partial charge is 0.454 e. The quantitative estimate of drug-likeness (QED) is 0.849. The van der Waals surface area contributed by atoms with Gasteiger partial charge in [-0.2, -0.15) is 0 Å². The topological polar surface area (TPSA) is 47.6 Å². The molecule has 1 heterocycles. The summed E-state index contributed by atoms with van der Waals surface area (Å²) in [6.07, 6.45) is 3.30. The number of amides is 1. The van der Waals surface area contributed by atoms with E-state index < -0.39 is 0 Å². The van der Waals surface area contributed by atoms with E-state index in [0.29, 0.717) is 6.54 Å². The van der Waals surface area contributed by atoms with Gasteiger partial charge in [0.05, 0.1) is 0 Å². The molecular formula is C17H14BrNO3. The third kappa shape index (κ3) is 3.68.